The van der Waals surface area contributed by atoms with Crippen molar-refractivity contribution in [3.05, 3.63) is 0 Å². The van der Waals surface area contributed by atoms with Crippen LogP contribution in [-0.4, -0.2) is 67.4 Å². The maximum Gasteiger partial charge on any atom is 0.241 e. The fourth-order valence-electron chi connectivity index (χ4n) is 3.16. The van der Waals surface area contributed by atoms with Crippen LogP contribution < -0.4 is 11.1 Å². The zero-order valence-corrected chi connectivity index (χ0v) is 17.2. The maximum absolute atomic E-state index is 12.2. The van der Waals surface area contributed by atoms with Gasteiger partial charge in [0.25, 0.3) is 0 Å². The molecule has 0 bridgehead atoms. The number of nitrogens with one attached hydrogen (secondary N) is 1. The third kappa shape index (κ3) is 8.11. The predicted molar refractivity (Wildman–Crippen MR) is 105 cm³/mol. The molecular weight excluding hydrogens is 363 g/mol. The summed E-state index contributed by atoms with van der Waals surface area (Å²) in [6.07, 6.45) is 3.80. The predicted octanol–water partition coefficient (Wildman–Crippen LogP) is 1.12. The van der Waals surface area contributed by atoms with Crippen molar-refractivity contribution in [2.75, 3.05) is 39.8 Å². The Balaban J connectivity index is 0.00000288. The van der Waals surface area contributed by atoms with Gasteiger partial charge in [-0.3, -0.25) is 9.59 Å². The van der Waals surface area contributed by atoms with Crippen LogP contribution >= 0.6 is 24.8 Å². The molecule has 6 nitrogen and oxygen atoms in total. The molecule has 3 N–H and O–H groups in total. The average Bonchev–Trinajstić information content (AvgIpc) is 3.18. The Morgan fingerprint density at radius 2 is 1.76 bits per heavy atom. The van der Waals surface area contributed by atoms with E-state index in [-0.39, 0.29) is 49.1 Å². The number of rotatable bonds is 8. The van der Waals surface area contributed by atoms with Gasteiger partial charge in [-0.2, -0.15) is 0 Å². The van der Waals surface area contributed by atoms with Crippen molar-refractivity contribution in [3.63, 3.8) is 0 Å². The quantitative estimate of drug-likeness (QED) is 0.644. The third-order valence-electron chi connectivity index (χ3n) is 4.91. The summed E-state index contributed by atoms with van der Waals surface area (Å²) in [6.45, 7) is 7.71. The molecule has 1 saturated carbocycles. The molecule has 2 fully saturated rings. The van der Waals surface area contributed by atoms with Gasteiger partial charge in [-0.15, -0.1) is 24.8 Å². The summed E-state index contributed by atoms with van der Waals surface area (Å²) in [5, 5.41) is 2.66. The van der Waals surface area contributed by atoms with E-state index in [1.807, 2.05) is 18.7 Å². The molecule has 0 aromatic rings. The molecule has 2 aliphatic rings. The Labute approximate surface area is 164 Å². The van der Waals surface area contributed by atoms with Crippen LogP contribution in [-0.2, 0) is 9.59 Å². The Morgan fingerprint density at radius 1 is 1.16 bits per heavy atom. The molecule has 1 saturated heterocycles. The van der Waals surface area contributed by atoms with Gasteiger partial charge < -0.3 is 20.9 Å². The molecule has 1 aliphatic carbocycles. The van der Waals surface area contributed by atoms with Crippen LogP contribution in [0.1, 0.15) is 33.1 Å². The van der Waals surface area contributed by atoms with E-state index >= 15 is 0 Å². The molecule has 0 radical (unpaired) electrons. The van der Waals surface area contributed by atoms with E-state index in [4.69, 9.17) is 5.73 Å². The summed E-state index contributed by atoms with van der Waals surface area (Å²) in [6, 6.07) is -0.551. The lowest BCUT2D eigenvalue weighted by molar-refractivity contribution is -0.132. The van der Waals surface area contributed by atoms with Crippen LogP contribution in [0.3, 0.4) is 0 Å². The summed E-state index contributed by atoms with van der Waals surface area (Å²) in [7, 11) is 2.18. The zero-order chi connectivity index (χ0) is 17.0. The number of nitrogens with two attached hydrogens (primary N) is 1. The number of carbonyl (C=O) groups excluding carboxylic acids is 2. The molecule has 2 rings (SSSR count). The van der Waals surface area contributed by atoms with E-state index in [1.165, 1.54) is 19.4 Å². The van der Waals surface area contributed by atoms with Crippen LogP contribution in [0.5, 0.6) is 0 Å². The minimum absolute atomic E-state index is 0. The van der Waals surface area contributed by atoms with Crippen molar-refractivity contribution in [1.82, 2.24) is 15.1 Å². The van der Waals surface area contributed by atoms with E-state index in [0.717, 1.165) is 32.0 Å². The summed E-state index contributed by atoms with van der Waals surface area (Å²) < 4.78 is 0. The van der Waals surface area contributed by atoms with Crippen molar-refractivity contribution in [2.24, 2.45) is 23.5 Å². The monoisotopic (exact) mass is 396 g/mol. The third-order valence-corrected chi connectivity index (χ3v) is 4.91. The van der Waals surface area contributed by atoms with Crippen LogP contribution in [0.15, 0.2) is 0 Å². The highest BCUT2D eigenvalue weighted by Crippen LogP contribution is 2.29. The molecule has 148 valence electrons. The number of amides is 2. The smallest absolute Gasteiger partial charge is 0.241 e. The van der Waals surface area contributed by atoms with Crippen LogP contribution in [0.25, 0.3) is 0 Å². The van der Waals surface area contributed by atoms with E-state index in [9.17, 15) is 9.59 Å². The molecule has 2 amide bonds. The molecular formula is C17H34Cl2N4O2. The summed E-state index contributed by atoms with van der Waals surface area (Å²) in [5.41, 5.74) is 5.78. The van der Waals surface area contributed by atoms with Crippen LogP contribution in [0.4, 0.5) is 0 Å². The molecule has 1 aliphatic heterocycles. The van der Waals surface area contributed by atoms with Gasteiger partial charge in [0.1, 0.15) is 0 Å². The zero-order valence-electron chi connectivity index (χ0n) is 15.6. The number of carbonyl (C=O) groups is 2. The summed E-state index contributed by atoms with van der Waals surface area (Å²) in [5.74, 6) is 1.29. The number of nitrogens with zero attached hydrogens (tertiary/aromatic N) is 2. The van der Waals surface area contributed by atoms with Gasteiger partial charge in [-0.05, 0) is 44.1 Å². The van der Waals surface area contributed by atoms with Crippen molar-refractivity contribution in [3.8, 4) is 0 Å². The van der Waals surface area contributed by atoms with E-state index in [1.54, 1.807) is 0 Å². The van der Waals surface area contributed by atoms with Crippen molar-refractivity contribution in [1.29, 1.82) is 0 Å². The van der Waals surface area contributed by atoms with Gasteiger partial charge >= 0.3 is 0 Å². The second kappa shape index (κ2) is 11.2. The van der Waals surface area contributed by atoms with Crippen LogP contribution in [0.2, 0.25) is 0 Å². The fourth-order valence-corrected chi connectivity index (χ4v) is 3.16. The summed E-state index contributed by atoms with van der Waals surface area (Å²) in [4.78, 5) is 28.3. The molecule has 1 heterocycles. The van der Waals surface area contributed by atoms with Gasteiger partial charge in [0, 0.05) is 26.2 Å². The first-order chi connectivity index (χ1) is 10.9. The lowest BCUT2D eigenvalue weighted by Gasteiger charge is -2.22. The fraction of sp³-hybridized carbons (Fsp3) is 0.882. The molecule has 0 aromatic carbocycles. The molecule has 8 heteroatoms. The van der Waals surface area contributed by atoms with Crippen LogP contribution in [0, 0.1) is 17.8 Å². The lowest BCUT2D eigenvalue weighted by Crippen LogP contribution is -2.47. The topological polar surface area (TPSA) is 78.7 Å². The Hall–Kier alpha value is -0.560. The summed E-state index contributed by atoms with van der Waals surface area (Å²) >= 11 is 0. The molecule has 0 spiro atoms. The van der Waals surface area contributed by atoms with E-state index < -0.39 is 6.04 Å². The normalized spacial score (nSPS) is 20.9. The largest absolute Gasteiger partial charge is 0.346 e. The van der Waals surface area contributed by atoms with Gasteiger partial charge in [-0.25, -0.2) is 0 Å². The molecule has 25 heavy (non-hydrogen) atoms. The second-order valence-electron chi connectivity index (χ2n) is 7.65. The van der Waals surface area contributed by atoms with Crippen molar-refractivity contribution < 1.29 is 9.59 Å². The average molecular weight is 397 g/mol. The standard InChI is InChI=1S/C17H32N4O2.2ClH/c1-12(2)16(18)17(23)19-8-15(22)21-7-6-14(11-21)10-20(3)9-13-4-5-13;;/h12-14,16H,4-11,18H2,1-3H3,(H,19,23);2*1H/t14?,16-;;/m0../s1. The lowest BCUT2D eigenvalue weighted by atomic mass is 10.1. The van der Waals surface area contributed by atoms with E-state index in [2.05, 4.69) is 17.3 Å². The number of likely N-dealkylation sites (tertiary alicyclic amines) is 1. The second-order valence-corrected chi connectivity index (χ2v) is 7.65. The van der Waals surface area contributed by atoms with Crippen molar-refractivity contribution in [2.45, 2.75) is 39.2 Å². The first-order valence-electron chi connectivity index (χ1n) is 8.86. The van der Waals surface area contributed by atoms with E-state index in [0.29, 0.717) is 5.92 Å². The Bertz CT molecular complexity index is 433. The highest BCUT2D eigenvalue weighted by molar-refractivity contribution is 5.87. The number of hydrogen-bond acceptors (Lipinski definition) is 4. The van der Waals surface area contributed by atoms with Gasteiger partial charge in [-0.1, -0.05) is 13.8 Å². The van der Waals surface area contributed by atoms with Gasteiger partial charge in [0.15, 0.2) is 0 Å². The molecule has 0 aromatic heterocycles. The molecule has 2 atom stereocenters. The first-order valence-corrected chi connectivity index (χ1v) is 8.86. The highest BCUT2D eigenvalue weighted by atomic mass is 35.5. The van der Waals surface area contributed by atoms with Gasteiger partial charge in [0.05, 0.1) is 12.6 Å². The Kier molecular flexibility index (Phi) is 11.0. The minimum atomic E-state index is -0.551. The minimum Gasteiger partial charge on any atom is -0.346 e. The SMILES string of the molecule is CC(C)[C@H](N)C(=O)NCC(=O)N1CCC(CN(C)CC2CC2)C1.Cl.Cl. The van der Waals surface area contributed by atoms with Crippen molar-refractivity contribution >= 4 is 36.6 Å². The highest BCUT2D eigenvalue weighted by Gasteiger charge is 2.29. The Morgan fingerprint density at radius 3 is 2.32 bits per heavy atom. The number of hydrogen-bond donors (Lipinski definition) is 2. The first kappa shape index (κ1) is 24.4. The van der Waals surface area contributed by atoms with Gasteiger partial charge in [0.2, 0.25) is 11.8 Å². The number of halogens is 2. The molecule has 1 unspecified atom stereocenters. The maximum atomic E-state index is 12.2.